The summed E-state index contributed by atoms with van der Waals surface area (Å²) in [6.45, 7) is 3.79. The van der Waals surface area contributed by atoms with E-state index in [1.54, 1.807) is 24.3 Å². The van der Waals surface area contributed by atoms with Crippen LogP contribution in [0.4, 0.5) is 5.69 Å². The van der Waals surface area contributed by atoms with Gasteiger partial charge >= 0.3 is 0 Å². The van der Waals surface area contributed by atoms with Crippen LogP contribution in [-0.2, 0) is 9.59 Å². The van der Waals surface area contributed by atoms with E-state index in [9.17, 15) is 9.59 Å². The number of hydrogen-bond acceptors (Lipinski definition) is 5. The van der Waals surface area contributed by atoms with Crippen molar-refractivity contribution in [3.8, 4) is 16.9 Å². The lowest BCUT2D eigenvalue weighted by Gasteiger charge is -2.26. The third kappa shape index (κ3) is 7.17. The Bertz CT molecular complexity index is 1240. The topological polar surface area (TPSA) is 129 Å². The Morgan fingerprint density at radius 3 is 2.41 bits per heavy atom. The van der Waals surface area contributed by atoms with E-state index >= 15 is 0 Å². The largest absolute Gasteiger partial charge is 0.490 e. The molecule has 0 aliphatic carbocycles. The third-order valence-corrected chi connectivity index (χ3v) is 6.35. The molecule has 0 radical (unpaired) electrons. The molecular formula is C29H33N5O3. The summed E-state index contributed by atoms with van der Waals surface area (Å²) in [5.74, 6) is -0.0132. The first-order chi connectivity index (χ1) is 17.9. The number of carbonyl (C=O) groups excluding carboxylic acids is 2. The number of amidine groups is 1. The molecule has 8 nitrogen and oxygen atoms in total. The highest BCUT2D eigenvalue weighted by Crippen LogP contribution is 2.34. The summed E-state index contributed by atoms with van der Waals surface area (Å²) in [5, 5.41) is 16.4. The Balaban J connectivity index is 1.41. The van der Waals surface area contributed by atoms with Gasteiger partial charge in [-0.2, -0.15) is 0 Å². The quantitative estimate of drug-likeness (QED) is 0.173. The zero-order valence-electron chi connectivity index (χ0n) is 20.9. The van der Waals surface area contributed by atoms with Gasteiger partial charge in [0.25, 0.3) is 0 Å². The number of nitrogens with two attached hydrogens (primary N) is 1. The van der Waals surface area contributed by atoms with Gasteiger partial charge in [0, 0.05) is 16.8 Å². The molecule has 4 rings (SSSR count). The Morgan fingerprint density at radius 2 is 1.73 bits per heavy atom. The number of anilines is 1. The monoisotopic (exact) mass is 499 g/mol. The van der Waals surface area contributed by atoms with Crippen molar-refractivity contribution < 1.29 is 14.3 Å². The zero-order valence-corrected chi connectivity index (χ0v) is 20.9. The average molecular weight is 500 g/mol. The molecule has 0 bridgehead atoms. The van der Waals surface area contributed by atoms with Crippen LogP contribution >= 0.6 is 0 Å². The van der Waals surface area contributed by atoms with Crippen LogP contribution in [0.2, 0.25) is 0 Å². The highest BCUT2D eigenvalue weighted by Gasteiger charge is 2.19. The number of ether oxygens (including phenoxy) is 1. The van der Waals surface area contributed by atoms with E-state index in [1.165, 1.54) is 0 Å². The summed E-state index contributed by atoms with van der Waals surface area (Å²) >= 11 is 0. The fourth-order valence-corrected chi connectivity index (χ4v) is 4.32. The van der Waals surface area contributed by atoms with Gasteiger partial charge in [0.15, 0.2) is 0 Å². The van der Waals surface area contributed by atoms with Crippen molar-refractivity contribution >= 4 is 23.3 Å². The van der Waals surface area contributed by atoms with Gasteiger partial charge in [-0.3, -0.25) is 15.0 Å². The predicted molar refractivity (Wildman–Crippen MR) is 146 cm³/mol. The molecule has 0 aromatic heterocycles. The van der Waals surface area contributed by atoms with Gasteiger partial charge in [-0.15, -0.1) is 0 Å². The number of rotatable bonds is 9. The molecule has 1 fully saturated rings. The molecule has 3 aromatic carbocycles. The van der Waals surface area contributed by atoms with Crippen LogP contribution in [0.3, 0.4) is 0 Å². The predicted octanol–water partition coefficient (Wildman–Crippen LogP) is 3.97. The van der Waals surface area contributed by atoms with E-state index in [0.29, 0.717) is 11.3 Å². The molecule has 1 heterocycles. The number of piperidine rings is 1. The molecule has 1 saturated heterocycles. The normalized spacial score (nSPS) is 14.4. The molecule has 8 heteroatoms. The molecule has 6 N–H and O–H groups in total. The zero-order chi connectivity index (χ0) is 26.2. The van der Waals surface area contributed by atoms with Crippen LogP contribution in [0.1, 0.15) is 43.4 Å². The van der Waals surface area contributed by atoms with Crippen molar-refractivity contribution in [3.05, 3.63) is 83.9 Å². The molecule has 1 unspecified atom stereocenters. The van der Waals surface area contributed by atoms with Gasteiger partial charge in [0.1, 0.15) is 24.1 Å². The van der Waals surface area contributed by atoms with Gasteiger partial charge in [-0.1, -0.05) is 36.4 Å². The highest BCUT2D eigenvalue weighted by atomic mass is 16.5. The number of carbonyl (C=O) groups is 2. The SMILES string of the molecule is CC(NC(=O)CC(=O)Nc1ccc(C(=N)N)cc1)c1ccc(OC2CCNCC2)c(-c2ccccc2)c1. The van der Waals surface area contributed by atoms with Crippen molar-refractivity contribution in [2.75, 3.05) is 18.4 Å². The van der Waals surface area contributed by atoms with Crippen molar-refractivity contribution in [1.82, 2.24) is 10.6 Å². The first-order valence-corrected chi connectivity index (χ1v) is 12.5. The Hall–Kier alpha value is -4.17. The van der Waals surface area contributed by atoms with Gasteiger partial charge in [0.05, 0.1) is 6.04 Å². The van der Waals surface area contributed by atoms with Crippen LogP contribution in [0.15, 0.2) is 72.8 Å². The molecule has 1 aliphatic rings. The van der Waals surface area contributed by atoms with Crippen molar-refractivity contribution in [1.29, 1.82) is 5.41 Å². The smallest absolute Gasteiger partial charge is 0.233 e. The maximum atomic E-state index is 12.6. The third-order valence-electron chi connectivity index (χ3n) is 6.35. The van der Waals surface area contributed by atoms with Crippen LogP contribution in [0.25, 0.3) is 11.1 Å². The lowest BCUT2D eigenvalue weighted by Crippen LogP contribution is -2.34. The van der Waals surface area contributed by atoms with E-state index < -0.39 is 5.91 Å². The second-order valence-corrected chi connectivity index (χ2v) is 9.19. The summed E-state index contributed by atoms with van der Waals surface area (Å²) in [6.07, 6.45) is 1.79. The van der Waals surface area contributed by atoms with Crippen LogP contribution < -0.4 is 26.4 Å². The molecular weight excluding hydrogens is 466 g/mol. The highest BCUT2D eigenvalue weighted by molar-refractivity contribution is 6.04. The summed E-state index contributed by atoms with van der Waals surface area (Å²) < 4.78 is 6.39. The molecule has 1 atom stereocenters. The molecule has 0 spiro atoms. The van der Waals surface area contributed by atoms with Crippen LogP contribution in [-0.4, -0.2) is 36.8 Å². The standard InChI is InChI=1S/C29H33N5O3/c1-19(33-27(35)18-28(36)34-23-10-7-21(8-11-23)29(30)31)22-9-12-26(37-24-13-15-32-16-14-24)25(17-22)20-5-3-2-4-6-20/h2-12,17,19,24,32H,13-16,18H2,1H3,(H3,30,31)(H,33,35)(H,34,36). The van der Waals surface area contributed by atoms with Gasteiger partial charge in [-0.25, -0.2) is 0 Å². The van der Waals surface area contributed by atoms with Gasteiger partial charge in [0.2, 0.25) is 11.8 Å². The van der Waals surface area contributed by atoms with E-state index in [0.717, 1.165) is 48.4 Å². The second-order valence-electron chi connectivity index (χ2n) is 9.19. The van der Waals surface area contributed by atoms with E-state index in [-0.39, 0.29) is 30.3 Å². The van der Waals surface area contributed by atoms with Crippen molar-refractivity contribution in [2.45, 2.75) is 38.3 Å². The fourth-order valence-electron chi connectivity index (χ4n) is 4.32. The fraction of sp³-hybridized carbons (Fsp3) is 0.276. The van der Waals surface area contributed by atoms with E-state index in [4.69, 9.17) is 15.9 Å². The Kier molecular flexibility index (Phi) is 8.53. The lowest BCUT2D eigenvalue weighted by atomic mass is 9.98. The van der Waals surface area contributed by atoms with E-state index in [1.807, 2.05) is 55.5 Å². The average Bonchev–Trinajstić information content (AvgIpc) is 2.90. The number of benzene rings is 3. The molecule has 1 aliphatic heterocycles. The van der Waals surface area contributed by atoms with Gasteiger partial charge < -0.3 is 26.4 Å². The molecule has 37 heavy (non-hydrogen) atoms. The summed E-state index contributed by atoms with van der Waals surface area (Å²) in [5.41, 5.74) is 9.49. The second kappa shape index (κ2) is 12.2. The molecule has 3 aromatic rings. The first-order valence-electron chi connectivity index (χ1n) is 12.5. The number of nitrogen functional groups attached to an aromatic ring is 1. The molecule has 0 saturated carbocycles. The Labute approximate surface area is 217 Å². The minimum Gasteiger partial charge on any atom is -0.490 e. The first kappa shape index (κ1) is 25.9. The number of amides is 2. The van der Waals surface area contributed by atoms with E-state index in [2.05, 4.69) is 16.0 Å². The maximum Gasteiger partial charge on any atom is 0.233 e. The Morgan fingerprint density at radius 1 is 1.03 bits per heavy atom. The molecule has 192 valence electrons. The summed E-state index contributed by atoms with van der Waals surface area (Å²) in [7, 11) is 0. The number of hydrogen-bond donors (Lipinski definition) is 5. The minimum atomic E-state index is -0.420. The maximum absolute atomic E-state index is 12.6. The van der Waals surface area contributed by atoms with Crippen LogP contribution in [0.5, 0.6) is 5.75 Å². The minimum absolute atomic E-state index is 0.0486. The summed E-state index contributed by atoms with van der Waals surface area (Å²) in [6, 6.07) is 22.3. The van der Waals surface area contributed by atoms with Crippen molar-refractivity contribution in [3.63, 3.8) is 0 Å². The summed E-state index contributed by atoms with van der Waals surface area (Å²) in [4.78, 5) is 25.0. The number of nitrogens with one attached hydrogen (secondary N) is 4. The molecule has 2 amide bonds. The van der Waals surface area contributed by atoms with Crippen LogP contribution in [0, 0.1) is 5.41 Å². The van der Waals surface area contributed by atoms with Gasteiger partial charge in [-0.05, 0) is 80.4 Å². The lowest BCUT2D eigenvalue weighted by molar-refractivity contribution is -0.127. The van der Waals surface area contributed by atoms with Crippen molar-refractivity contribution in [2.24, 2.45) is 5.73 Å².